The molecule has 0 saturated carbocycles. The Balaban J connectivity index is 1.80. The molecule has 3 rings (SSSR count). The van der Waals surface area contributed by atoms with Gasteiger partial charge in [0.2, 0.25) is 5.91 Å². The maximum Gasteiger partial charge on any atom is 0.253 e. The molecule has 2 fully saturated rings. The molecule has 1 aromatic rings. The van der Waals surface area contributed by atoms with Crippen LogP contribution in [0.3, 0.4) is 0 Å². The van der Waals surface area contributed by atoms with E-state index in [1.54, 1.807) is 15.9 Å². The van der Waals surface area contributed by atoms with Gasteiger partial charge in [0.1, 0.15) is 5.82 Å². The third-order valence-corrected chi connectivity index (χ3v) is 4.66. The van der Waals surface area contributed by atoms with E-state index in [4.69, 9.17) is 0 Å². The lowest BCUT2D eigenvalue weighted by molar-refractivity contribution is -0.137. The Hall–Kier alpha value is -1.91. The molecule has 1 spiro atoms. The summed E-state index contributed by atoms with van der Waals surface area (Å²) in [6.07, 6.45) is 2.46. The SMILES string of the molecule is CN1CC[C@@]2(CCCN(C(=O)c3cccc(F)c3)C2)C1=O. The molecule has 0 N–H and O–H groups in total. The van der Waals surface area contributed by atoms with Gasteiger partial charge >= 0.3 is 0 Å². The van der Waals surface area contributed by atoms with Crippen LogP contribution in [0.1, 0.15) is 29.6 Å². The average Bonchev–Trinajstić information content (AvgIpc) is 2.75. The van der Waals surface area contributed by atoms with Crippen molar-refractivity contribution in [1.29, 1.82) is 0 Å². The molecule has 0 unspecified atom stereocenters. The summed E-state index contributed by atoms with van der Waals surface area (Å²) in [7, 11) is 1.81. The van der Waals surface area contributed by atoms with Gasteiger partial charge in [0.15, 0.2) is 0 Å². The van der Waals surface area contributed by atoms with Gasteiger partial charge in [-0.2, -0.15) is 0 Å². The Labute approximate surface area is 123 Å². The summed E-state index contributed by atoms with van der Waals surface area (Å²) in [5.74, 6) is -0.459. The predicted molar refractivity (Wildman–Crippen MR) is 76.2 cm³/mol. The van der Waals surface area contributed by atoms with Crippen molar-refractivity contribution in [2.45, 2.75) is 19.3 Å². The molecule has 2 aliphatic rings. The van der Waals surface area contributed by atoms with E-state index in [0.29, 0.717) is 18.7 Å². The Bertz CT molecular complexity index is 585. The van der Waals surface area contributed by atoms with Crippen molar-refractivity contribution >= 4 is 11.8 Å². The smallest absolute Gasteiger partial charge is 0.253 e. The van der Waals surface area contributed by atoms with E-state index in [1.165, 1.54) is 18.2 Å². The molecular formula is C16H19FN2O2. The quantitative estimate of drug-likeness (QED) is 0.792. The molecule has 2 saturated heterocycles. The number of halogens is 1. The van der Waals surface area contributed by atoms with Crippen LogP contribution in [-0.2, 0) is 4.79 Å². The summed E-state index contributed by atoms with van der Waals surface area (Å²) >= 11 is 0. The van der Waals surface area contributed by atoms with Crippen LogP contribution in [0.2, 0.25) is 0 Å². The minimum atomic E-state index is -0.421. The molecule has 4 nitrogen and oxygen atoms in total. The van der Waals surface area contributed by atoms with Crippen molar-refractivity contribution in [3.8, 4) is 0 Å². The summed E-state index contributed by atoms with van der Waals surface area (Å²) in [6.45, 7) is 1.83. The molecule has 5 heteroatoms. The summed E-state index contributed by atoms with van der Waals surface area (Å²) < 4.78 is 13.3. The first-order chi connectivity index (χ1) is 10.0. The van der Waals surface area contributed by atoms with Gasteiger partial charge in [-0.25, -0.2) is 4.39 Å². The molecule has 0 aromatic heterocycles. The van der Waals surface area contributed by atoms with Crippen molar-refractivity contribution in [2.75, 3.05) is 26.7 Å². The third-order valence-electron chi connectivity index (χ3n) is 4.66. The Kier molecular flexibility index (Phi) is 3.43. The molecule has 1 atom stereocenters. The monoisotopic (exact) mass is 290 g/mol. The van der Waals surface area contributed by atoms with Crippen LogP contribution in [0.5, 0.6) is 0 Å². The Morgan fingerprint density at radius 3 is 2.76 bits per heavy atom. The fourth-order valence-electron chi connectivity index (χ4n) is 3.48. The van der Waals surface area contributed by atoms with Crippen LogP contribution in [-0.4, -0.2) is 48.3 Å². The first kappa shape index (κ1) is 14.0. The normalized spacial score (nSPS) is 25.7. The summed E-state index contributed by atoms with van der Waals surface area (Å²) in [6, 6.07) is 5.74. The van der Waals surface area contributed by atoms with E-state index >= 15 is 0 Å². The average molecular weight is 290 g/mol. The van der Waals surface area contributed by atoms with Crippen molar-refractivity contribution in [1.82, 2.24) is 9.80 Å². The Morgan fingerprint density at radius 1 is 1.29 bits per heavy atom. The minimum absolute atomic E-state index is 0.138. The zero-order valence-corrected chi connectivity index (χ0v) is 12.1. The van der Waals surface area contributed by atoms with Gasteiger partial charge in [0.05, 0.1) is 5.41 Å². The molecule has 112 valence electrons. The van der Waals surface area contributed by atoms with Gasteiger partial charge in [-0.05, 0) is 37.5 Å². The van der Waals surface area contributed by atoms with E-state index in [2.05, 4.69) is 0 Å². The fraction of sp³-hybridized carbons (Fsp3) is 0.500. The van der Waals surface area contributed by atoms with E-state index in [-0.39, 0.29) is 11.8 Å². The highest BCUT2D eigenvalue weighted by atomic mass is 19.1. The third kappa shape index (κ3) is 2.41. The van der Waals surface area contributed by atoms with Gasteiger partial charge in [-0.15, -0.1) is 0 Å². The number of likely N-dealkylation sites (tertiary alicyclic amines) is 2. The number of rotatable bonds is 1. The van der Waals surface area contributed by atoms with Crippen LogP contribution in [0, 0.1) is 11.2 Å². The molecule has 21 heavy (non-hydrogen) atoms. The minimum Gasteiger partial charge on any atom is -0.345 e. The lowest BCUT2D eigenvalue weighted by atomic mass is 9.78. The van der Waals surface area contributed by atoms with Gasteiger partial charge < -0.3 is 9.80 Å². The second-order valence-corrected chi connectivity index (χ2v) is 6.10. The van der Waals surface area contributed by atoms with E-state index in [0.717, 1.165) is 25.8 Å². The predicted octanol–water partition coefficient (Wildman–Crippen LogP) is 1.91. The largest absolute Gasteiger partial charge is 0.345 e. The van der Waals surface area contributed by atoms with Crippen LogP contribution < -0.4 is 0 Å². The molecule has 0 radical (unpaired) electrons. The molecule has 0 aliphatic carbocycles. The maximum atomic E-state index is 13.3. The standard InChI is InChI=1S/C16H19FN2O2/c1-18-9-7-16(15(18)21)6-3-8-19(11-16)14(20)12-4-2-5-13(17)10-12/h2,4-5,10H,3,6-9,11H2,1H3/t16-/m1/s1. The number of hydrogen-bond donors (Lipinski definition) is 0. The molecule has 2 heterocycles. The lowest BCUT2D eigenvalue weighted by Gasteiger charge is -2.38. The number of amides is 2. The van der Waals surface area contributed by atoms with Crippen LogP contribution in [0.25, 0.3) is 0 Å². The topological polar surface area (TPSA) is 40.6 Å². The number of hydrogen-bond acceptors (Lipinski definition) is 2. The highest BCUT2D eigenvalue weighted by Crippen LogP contribution is 2.39. The van der Waals surface area contributed by atoms with E-state index in [9.17, 15) is 14.0 Å². The second kappa shape index (κ2) is 5.13. The van der Waals surface area contributed by atoms with Gasteiger partial charge in [0.25, 0.3) is 5.91 Å². The van der Waals surface area contributed by atoms with Gasteiger partial charge in [-0.3, -0.25) is 9.59 Å². The van der Waals surface area contributed by atoms with Crippen LogP contribution >= 0.6 is 0 Å². The zero-order chi connectivity index (χ0) is 15.0. The summed E-state index contributed by atoms with van der Waals surface area (Å²) in [4.78, 5) is 28.3. The van der Waals surface area contributed by atoms with Crippen molar-refractivity contribution < 1.29 is 14.0 Å². The number of carbonyl (C=O) groups excluding carboxylic acids is 2. The highest BCUT2D eigenvalue weighted by Gasteiger charge is 2.48. The molecule has 0 bridgehead atoms. The van der Waals surface area contributed by atoms with Gasteiger partial charge in [0, 0.05) is 32.2 Å². The van der Waals surface area contributed by atoms with Crippen LogP contribution in [0.4, 0.5) is 4.39 Å². The zero-order valence-electron chi connectivity index (χ0n) is 12.1. The van der Waals surface area contributed by atoms with Gasteiger partial charge in [-0.1, -0.05) is 6.07 Å². The molecule has 1 aromatic carbocycles. The summed E-state index contributed by atoms with van der Waals surface area (Å²) in [5.41, 5.74) is -0.0680. The number of benzene rings is 1. The molecular weight excluding hydrogens is 271 g/mol. The fourth-order valence-corrected chi connectivity index (χ4v) is 3.48. The Morgan fingerprint density at radius 2 is 2.10 bits per heavy atom. The molecule has 2 aliphatic heterocycles. The number of piperidine rings is 1. The van der Waals surface area contributed by atoms with Crippen LogP contribution in [0.15, 0.2) is 24.3 Å². The highest BCUT2D eigenvalue weighted by molar-refractivity contribution is 5.95. The lowest BCUT2D eigenvalue weighted by Crippen LogP contribution is -2.49. The maximum absolute atomic E-state index is 13.3. The van der Waals surface area contributed by atoms with Crippen molar-refractivity contribution in [3.05, 3.63) is 35.6 Å². The van der Waals surface area contributed by atoms with Crippen molar-refractivity contribution in [3.63, 3.8) is 0 Å². The molecule has 2 amide bonds. The number of nitrogens with zero attached hydrogens (tertiary/aromatic N) is 2. The summed E-state index contributed by atoms with van der Waals surface area (Å²) in [5, 5.41) is 0. The first-order valence-corrected chi connectivity index (χ1v) is 7.32. The number of carbonyl (C=O) groups is 2. The van der Waals surface area contributed by atoms with E-state index in [1.807, 2.05) is 7.05 Å². The van der Waals surface area contributed by atoms with E-state index < -0.39 is 11.2 Å². The first-order valence-electron chi connectivity index (χ1n) is 7.32. The second-order valence-electron chi connectivity index (χ2n) is 6.10. The van der Waals surface area contributed by atoms with Crippen molar-refractivity contribution in [2.24, 2.45) is 5.41 Å².